The van der Waals surface area contributed by atoms with Gasteiger partial charge in [-0.2, -0.15) is 26.2 Å². The van der Waals surface area contributed by atoms with Crippen LogP contribution >= 0.6 is 35.2 Å². The number of anilines is 4. The predicted molar refractivity (Wildman–Crippen MR) is 232 cm³/mol. The molecule has 2 unspecified atom stereocenters. The molecule has 2 atom stereocenters. The number of benzene rings is 6. The molecule has 0 fully saturated rings. The van der Waals surface area contributed by atoms with Crippen molar-refractivity contribution in [2.24, 2.45) is 7.05 Å². The molecule has 9 nitrogen and oxygen atoms in total. The highest BCUT2D eigenvalue weighted by Gasteiger charge is 2.35. The van der Waals surface area contributed by atoms with Crippen LogP contribution in [0, 0.1) is 0 Å². The molecule has 0 saturated carbocycles. The minimum Gasteiger partial charge on any atom is -0.367 e. The van der Waals surface area contributed by atoms with Crippen LogP contribution in [-0.4, -0.2) is 43.9 Å². The lowest BCUT2D eigenvalue weighted by Gasteiger charge is -2.26. The van der Waals surface area contributed by atoms with Crippen LogP contribution in [0.15, 0.2) is 127 Å². The van der Waals surface area contributed by atoms with Crippen molar-refractivity contribution in [3.8, 4) is 22.3 Å². The fourth-order valence-corrected chi connectivity index (χ4v) is 10.6. The van der Waals surface area contributed by atoms with Crippen LogP contribution < -0.4 is 9.80 Å². The highest BCUT2D eigenvalue weighted by atomic mass is 32.1. The number of hydrogen-bond acceptors (Lipinski definition) is 11. The third-order valence-corrected chi connectivity index (χ3v) is 13.2. The van der Waals surface area contributed by atoms with Crippen LogP contribution in [0.25, 0.3) is 77.2 Å². The van der Waals surface area contributed by atoms with E-state index in [9.17, 15) is 0 Å². The topological polar surface area (TPSA) is 88.8 Å². The van der Waals surface area contributed by atoms with Crippen molar-refractivity contribution < 1.29 is 0 Å². The molecule has 0 bridgehead atoms. The van der Waals surface area contributed by atoms with Crippen molar-refractivity contribution in [3.05, 3.63) is 133 Å². The van der Waals surface area contributed by atoms with Crippen LogP contribution in [0.3, 0.4) is 0 Å². The maximum absolute atomic E-state index is 4.97. The van der Waals surface area contributed by atoms with E-state index in [1.165, 1.54) is 68.2 Å². The number of aryl methyl sites for hydroxylation is 1. The molecule has 12 rings (SSSR count). The van der Waals surface area contributed by atoms with Crippen LogP contribution in [0.1, 0.15) is 11.5 Å². The number of fused-ring (bicyclic) bond motifs is 9. The summed E-state index contributed by atoms with van der Waals surface area (Å²) in [7, 11) is 4.31. The van der Waals surface area contributed by atoms with Crippen LogP contribution in [-0.2, 0) is 7.05 Å². The van der Waals surface area contributed by atoms with Gasteiger partial charge in [0.05, 0.1) is 58.3 Å². The van der Waals surface area contributed by atoms with Crippen molar-refractivity contribution in [1.82, 2.24) is 30.8 Å². The van der Waals surface area contributed by atoms with E-state index in [0.29, 0.717) is 12.0 Å². The summed E-state index contributed by atoms with van der Waals surface area (Å²) in [6, 6.07) is 37.2. The molecule has 4 aromatic heterocycles. The molecule has 0 N–H and O–H groups in total. The van der Waals surface area contributed by atoms with E-state index in [2.05, 4.69) is 148 Å². The monoisotopic (exact) mass is 779 g/mol. The maximum Gasteiger partial charge on any atom is 0.129 e. The number of hydrogen-bond donors (Lipinski definition) is 0. The fraction of sp³-hybridized carbons (Fsp3) is 0.0909. The Hall–Kier alpha value is -6.34. The van der Waals surface area contributed by atoms with Gasteiger partial charge in [-0.25, -0.2) is 0 Å². The van der Waals surface area contributed by atoms with E-state index >= 15 is 0 Å². The molecule has 1 aliphatic heterocycles. The van der Waals surface area contributed by atoms with Crippen molar-refractivity contribution in [2.75, 3.05) is 16.8 Å². The number of aromatic nitrogens is 7. The summed E-state index contributed by atoms with van der Waals surface area (Å²) in [6.45, 7) is 0. The van der Waals surface area contributed by atoms with Gasteiger partial charge in [-0.15, -0.1) is 0 Å². The molecule has 0 saturated heterocycles. The summed E-state index contributed by atoms with van der Waals surface area (Å²) in [4.78, 5) is 4.60. The molecule has 56 heavy (non-hydrogen) atoms. The SMILES string of the molecule is CN1c2ccc(-c3ccc(N(c4cccc5nsnc45)c4ccc(-c5ccc6c(c5)c5ccccc5n6C)c5nsnc45)c4nsnc34)cc2C2C=CC=CC21. The standard InChI is InChI=1S/C44H29N9S3/c1-51-33-11-5-3-8-28(33)30-22-24(14-18-35(30)51)26-16-20-38(43-40(26)46-55-49-43)53(37-13-7-10-32-42(37)48-54-45-32)39-21-17-27(41-44(39)50-56-47-41)25-15-19-36-31(23-25)29-9-4-6-12-34(29)52(36)2/h3-23,28,33H,1-2H3. The largest absolute Gasteiger partial charge is 0.367 e. The van der Waals surface area contributed by atoms with Gasteiger partial charge in [-0.3, -0.25) is 0 Å². The highest BCUT2D eigenvalue weighted by Crippen LogP contribution is 2.48. The summed E-state index contributed by atoms with van der Waals surface area (Å²) >= 11 is 3.67. The molecule has 0 spiro atoms. The van der Waals surface area contributed by atoms with Gasteiger partial charge in [0, 0.05) is 58.6 Å². The third kappa shape index (κ3) is 4.51. The van der Waals surface area contributed by atoms with E-state index in [0.717, 1.165) is 72.4 Å². The minimum atomic E-state index is 0.317. The lowest BCUT2D eigenvalue weighted by molar-refractivity contribution is 0.723. The van der Waals surface area contributed by atoms with Gasteiger partial charge in [0.1, 0.15) is 33.1 Å². The average Bonchev–Trinajstić information content (AvgIpc) is 4.10. The minimum absolute atomic E-state index is 0.317. The second kappa shape index (κ2) is 12.1. The summed E-state index contributed by atoms with van der Waals surface area (Å²) < 4.78 is 31.5. The molecule has 10 aromatic rings. The summed E-state index contributed by atoms with van der Waals surface area (Å²) in [5.74, 6) is 0.317. The molecular formula is C44H29N9S3. The Bertz CT molecular complexity index is 3300. The van der Waals surface area contributed by atoms with Gasteiger partial charge < -0.3 is 14.4 Å². The number of rotatable bonds is 5. The van der Waals surface area contributed by atoms with E-state index in [1.54, 1.807) is 0 Å². The van der Waals surface area contributed by atoms with E-state index in [1.807, 2.05) is 12.1 Å². The van der Waals surface area contributed by atoms with Gasteiger partial charge in [-0.05, 0) is 83.4 Å². The van der Waals surface area contributed by atoms with E-state index in [-0.39, 0.29) is 0 Å². The molecule has 268 valence electrons. The van der Waals surface area contributed by atoms with Crippen molar-refractivity contribution >= 4 is 113 Å². The Balaban J connectivity index is 1.04. The van der Waals surface area contributed by atoms with Crippen molar-refractivity contribution in [2.45, 2.75) is 12.0 Å². The molecule has 2 aliphatic rings. The summed E-state index contributed by atoms with van der Waals surface area (Å²) in [5, 5.41) is 2.45. The normalized spacial score (nSPS) is 16.2. The summed E-state index contributed by atoms with van der Waals surface area (Å²) in [6.07, 6.45) is 8.91. The lowest BCUT2D eigenvalue weighted by atomic mass is 9.89. The second-order valence-corrected chi connectivity index (χ2v) is 16.0. The predicted octanol–water partition coefficient (Wildman–Crippen LogP) is 11.2. The Morgan fingerprint density at radius 2 is 1.18 bits per heavy atom. The van der Waals surface area contributed by atoms with Gasteiger partial charge in [0.25, 0.3) is 0 Å². The van der Waals surface area contributed by atoms with Crippen molar-refractivity contribution in [3.63, 3.8) is 0 Å². The second-order valence-electron chi connectivity index (χ2n) is 14.4. The summed E-state index contributed by atoms with van der Waals surface area (Å²) in [5.41, 5.74) is 16.9. The first-order valence-electron chi connectivity index (χ1n) is 18.3. The molecule has 1 aliphatic carbocycles. The highest BCUT2D eigenvalue weighted by molar-refractivity contribution is 7.00. The Morgan fingerprint density at radius 1 is 0.536 bits per heavy atom. The zero-order valence-electron chi connectivity index (χ0n) is 30.0. The molecule has 12 heteroatoms. The van der Waals surface area contributed by atoms with Gasteiger partial charge >= 0.3 is 0 Å². The van der Waals surface area contributed by atoms with Crippen LogP contribution in [0.2, 0.25) is 0 Å². The number of likely N-dealkylation sites (N-methyl/N-ethyl adjacent to an activating group) is 1. The first kappa shape index (κ1) is 32.0. The van der Waals surface area contributed by atoms with E-state index in [4.69, 9.17) is 21.9 Å². The van der Waals surface area contributed by atoms with Gasteiger partial charge in [-0.1, -0.05) is 60.7 Å². The molecule has 0 amide bonds. The number of allylic oxidation sites excluding steroid dienone is 2. The quantitative estimate of drug-likeness (QED) is 0.171. The molecule has 5 heterocycles. The molecule has 6 aromatic carbocycles. The van der Waals surface area contributed by atoms with E-state index < -0.39 is 0 Å². The Kier molecular flexibility index (Phi) is 6.89. The van der Waals surface area contributed by atoms with Crippen LogP contribution in [0.4, 0.5) is 22.7 Å². The fourth-order valence-electron chi connectivity index (χ4n) is 8.95. The maximum atomic E-state index is 4.97. The average molecular weight is 780 g/mol. The zero-order valence-corrected chi connectivity index (χ0v) is 32.5. The van der Waals surface area contributed by atoms with Crippen LogP contribution in [0.5, 0.6) is 0 Å². The number of nitrogens with zero attached hydrogens (tertiary/aromatic N) is 9. The first-order chi connectivity index (χ1) is 27.6. The van der Waals surface area contributed by atoms with Gasteiger partial charge in [0.2, 0.25) is 0 Å². The lowest BCUT2D eigenvalue weighted by Crippen LogP contribution is -2.28. The number of para-hydroxylation sites is 1. The molecule has 0 radical (unpaired) electrons. The van der Waals surface area contributed by atoms with Crippen molar-refractivity contribution in [1.29, 1.82) is 0 Å². The molecular weight excluding hydrogens is 751 g/mol. The Morgan fingerprint density at radius 3 is 1.98 bits per heavy atom. The smallest absolute Gasteiger partial charge is 0.129 e. The van der Waals surface area contributed by atoms with Gasteiger partial charge in [0.15, 0.2) is 0 Å². The zero-order chi connectivity index (χ0) is 37.1. The Labute approximate surface area is 333 Å². The first-order valence-corrected chi connectivity index (χ1v) is 20.5. The third-order valence-electron chi connectivity index (χ3n) is 11.6.